The molecule has 6 nitrogen and oxygen atoms in total. The Morgan fingerprint density at radius 1 is 1.03 bits per heavy atom. The Labute approximate surface area is 174 Å². The highest BCUT2D eigenvalue weighted by molar-refractivity contribution is 5.96. The molecular formula is C23H22FN3O3. The van der Waals surface area contributed by atoms with E-state index in [-0.39, 0.29) is 24.6 Å². The van der Waals surface area contributed by atoms with E-state index in [4.69, 9.17) is 4.74 Å². The van der Waals surface area contributed by atoms with E-state index in [1.165, 1.54) is 18.2 Å². The minimum absolute atomic E-state index is 0.159. The molecule has 3 aromatic rings. The maximum absolute atomic E-state index is 13.1. The maximum atomic E-state index is 13.1. The molecule has 0 unspecified atom stereocenters. The number of halogens is 1. The summed E-state index contributed by atoms with van der Waals surface area (Å²) in [6.07, 6.45) is 1.62. The van der Waals surface area contributed by atoms with Gasteiger partial charge in [-0.2, -0.15) is 0 Å². The van der Waals surface area contributed by atoms with E-state index in [2.05, 4.69) is 15.6 Å². The van der Waals surface area contributed by atoms with Gasteiger partial charge in [-0.3, -0.25) is 9.59 Å². The number of carbonyl (C=O) groups excluding carboxylic acids is 2. The Kier molecular flexibility index (Phi) is 6.75. The lowest BCUT2D eigenvalue weighted by Gasteiger charge is -2.10. The van der Waals surface area contributed by atoms with Crippen molar-refractivity contribution >= 4 is 11.8 Å². The number of hydrogen-bond donors (Lipinski definition) is 2. The van der Waals surface area contributed by atoms with Crippen LogP contribution in [0, 0.1) is 19.7 Å². The molecule has 30 heavy (non-hydrogen) atoms. The maximum Gasteiger partial charge on any atom is 0.251 e. The van der Waals surface area contributed by atoms with Gasteiger partial charge in [0, 0.05) is 24.4 Å². The molecule has 2 N–H and O–H groups in total. The molecule has 0 aliphatic heterocycles. The largest absolute Gasteiger partial charge is 0.439 e. The van der Waals surface area contributed by atoms with E-state index >= 15 is 0 Å². The molecule has 3 rings (SSSR count). The zero-order valence-corrected chi connectivity index (χ0v) is 16.7. The normalized spacial score (nSPS) is 10.4. The van der Waals surface area contributed by atoms with Gasteiger partial charge in [-0.15, -0.1) is 0 Å². The number of pyridine rings is 1. The molecule has 1 heterocycles. The number of carbonyl (C=O) groups is 2. The molecular weight excluding hydrogens is 385 g/mol. The molecule has 154 valence electrons. The number of nitrogens with zero attached hydrogens (tertiary/aromatic N) is 1. The molecule has 0 atom stereocenters. The lowest BCUT2D eigenvalue weighted by atomic mass is 10.1. The average Bonchev–Trinajstić information content (AvgIpc) is 2.74. The fourth-order valence-corrected chi connectivity index (χ4v) is 2.66. The van der Waals surface area contributed by atoms with Gasteiger partial charge in [0.15, 0.2) is 0 Å². The SMILES string of the molecule is Cc1ccc(C)c(Oc2ccc(CNC(=O)CNC(=O)c3cccc(F)c3)cn2)c1. The van der Waals surface area contributed by atoms with Gasteiger partial charge in [-0.1, -0.05) is 24.3 Å². The van der Waals surface area contributed by atoms with E-state index in [9.17, 15) is 14.0 Å². The van der Waals surface area contributed by atoms with Gasteiger partial charge in [0.2, 0.25) is 11.8 Å². The predicted octanol–water partition coefficient (Wildman–Crippen LogP) is 3.68. The molecule has 0 saturated heterocycles. The zero-order valence-electron chi connectivity index (χ0n) is 16.7. The third-order valence-corrected chi connectivity index (χ3v) is 4.34. The van der Waals surface area contributed by atoms with E-state index in [0.717, 1.165) is 28.5 Å². The molecule has 7 heteroatoms. The van der Waals surface area contributed by atoms with Crippen LogP contribution in [0.25, 0.3) is 0 Å². The molecule has 0 aliphatic carbocycles. The standard InChI is InChI=1S/C23H22FN3O3/c1-15-6-7-16(2)20(10-15)30-22-9-8-17(13-26-22)12-25-21(28)14-27-23(29)18-4-3-5-19(24)11-18/h3-11,13H,12,14H2,1-2H3,(H,25,28)(H,27,29). The Morgan fingerprint density at radius 2 is 1.87 bits per heavy atom. The highest BCUT2D eigenvalue weighted by atomic mass is 19.1. The van der Waals surface area contributed by atoms with Crippen molar-refractivity contribution in [1.82, 2.24) is 15.6 Å². The van der Waals surface area contributed by atoms with Gasteiger partial charge in [0.25, 0.3) is 5.91 Å². The van der Waals surface area contributed by atoms with Gasteiger partial charge < -0.3 is 15.4 Å². The van der Waals surface area contributed by atoms with Crippen LogP contribution in [-0.2, 0) is 11.3 Å². The van der Waals surface area contributed by atoms with E-state index in [0.29, 0.717) is 5.88 Å². The van der Waals surface area contributed by atoms with Gasteiger partial charge in [0.05, 0.1) is 6.54 Å². The van der Waals surface area contributed by atoms with E-state index in [1.807, 2.05) is 32.0 Å². The average molecular weight is 407 g/mol. The third kappa shape index (κ3) is 5.88. The summed E-state index contributed by atoms with van der Waals surface area (Å²) < 4.78 is 19.0. The highest BCUT2D eigenvalue weighted by Crippen LogP contribution is 2.24. The first kappa shape index (κ1) is 21.0. The van der Waals surface area contributed by atoms with Crippen molar-refractivity contribution in [1.29, 1.82) is 0 Å². The summed E-state index contributed by atoms with van der Waals surface area (Å²) in [5.74, 6) is -0.182. The Hall–Kier alpha value is -3.74. The molecule has 0 radical (unpaired) electrons. The summed E-state index contributed by atoms with van der Waals surface area (Å²) in [7, 11) is 0. The number of amides is 2. The number of aryl methyl sites for hydroxylation is 2. The van der Waals surface area contributed by atoms with Gasteiger partial charge >= 0.3 is 0 Å². The lowest BCUT2D eigenvalue weighted by Crippen LogP contribution is -2.36. The van der Waals surface area contributed by atoms with Crippen molar-refractivity contribution in [3.8, 4) is 11.6 Å². The van der Waals surface area contributed by atoms with Crippen molar-refractivity contribution in [3.63, 3.8) is 0 Å². The molecule has 0 saturated carbocycles. The van der Waals surface area contributed by atoms with Crippen LogP contribution in [0.15, 0.2) is 60.8 Å². The fraction of sp³-hybridized carbons (Fsp3) is 0.174. The fourth-order valence-electron chi connectivity index (χ4n) is 2.66. The zero-order chi connectivity index (χ0) is 21.5. The van der Waals surface area contributed by atoms with E-state index < -0.39 is 11.7 Å². The summed E-state index contributed by atoms with van der Waals surface area (Å²) >= 11 is 0. The van der Waals surface area contributed by atoms with Crippen LogP contribution < -0.4 is 15.4 Å². The first-order chi connectivity index (χ1) is 14.4. The van der Waals surface area contributed by atoms with Crippen LogP contribution in [0.1, 0.15) is 27.0 Å². The number of rotatable bonds is 7. The van der Waals surface area contributed by atoms with Crippen LogP contribution in [0.2, 0.25) is 0 Å². The molecule has 0 bridgehead atoms. The summed E-state index contributed by atoms with van der Waals surface area (Å²) in [5.41, 5.74) is 3.05. The third-order valence-electron chi connectivity index (χ3n) is 4.34. The van der Waals surface area contributed by atoms with Crippen molar-refractivity contribution in [2.75, 3.05) is 6.54 Å². The van der Waals surface area contributed by atoms with Crippen LogP contribution in [0.4, 0.5) is 4.39 Å². The van der Waals surface area contributed by atoms with Crippen molar-refractivity contribution in [3.05, 3.63) is 88.9 Å². The predicted molar refractivity (Wildman–Crippen MR) is 111 cm³/mol. The molecule has 2 aromatic carbocycles. The van der Waals surface area contributed by atoms with Gasteiger partial charge in [0.1, 0.15) is 11.6 Å². The highest BCUT2D eigenvalue weighted by Gasteiger charge is 2.09. The quantitative estimate of drug-likeness (QED) is 0.626. The Morgan fingerprint density at radius 3 is 2.60 bits per heavy atom. The summed E-state index contributed by atoms with van der Waals surface area (Å²) in [4.78, 5) is 28.1. The van der Waals surface area contributed by atoms with Crippen LogP contribution in [0.3, 0.4) is 0 Å². The van der Waals surface area contributed by atoms with Crippen LogP contribution >= 0.6 is 0 Å². The van der Waals surface area contributed by atoms with Gasteiger partial charge in [-0.25, -0.2) is 9.37 Å². The molecule has 0 aliphatic rings. The number of hydrogen-bond acceptors (Lipinski definition) is 4. The molecule has 0 fully saturated rings. The minimum atomic E-state index is -0.515. The second-order valence-corrected chi connectivity index (χ2v) is 6.85. The minimum Gasteiger partial charge on any atom is -0.439 e. The summed E-state index contributed by atoms with van der Waals surface area (Å²) in [6, 6.07) is 14.8. The number of nitrogens with one attached hydrogen (secondary N) is 2. The van der Waals surface area contributed by atoms with Crippen molar-refractivity contribution in [2.45, 2.75) is 20.4 Å². The summed E-state index contributed by atoms with van der Waals surface area (Å²) in [5, 5.41) is 5.15. The topological polar surface area (TPSA) is 80.3 Å². The van der Waals surface area contributed by atoms with Crippen LogP contribution in [0.5, 0.6) is 11.6 Å². The summed E-state index contributed by atoms with van der Waals surface area (Å²) in [6.45, 7) is 4.00. The van der Waals surface area contributed by atoms with Crippen molar-refractivity contribution < 1.29 is 18.7 Å². The second-order valence-electron chi connectivity index (χ2n) is 6.85. The number of benzene rings is 2. The second kappa shape index (κ2) is 9.65. The Balaban J connectivity index is 1.47. The Bertz CT molecular complexity index is 1050. The molecule has 1 aromatic heterocycles. The first-order valence-corrected chi connectivity index (χ1v) is 9.41. The smallest absolute Gasteiger partial charge is 0.251 e. The first-order valence-electron chi connectivity index (χ1n) is 9.41. The number of aromatic nitrogens is 1. The monoisotopic (exact) mass is 407 g/mol. The van der Waals surface area contributed by atoms with E-state index in [1.54, 1.807) is 18.3 Å². The van der Waals surface area contributed by atoms with Gasteiger partial charge in [-0.05, 0) is 54.8 Å². The molecule has 2 amide bonds. The number of ether oxygens (including phenoxy) is 1. The van der Waals surface area contributed by atoms with Crippen molar-refractivity contribution in [2.24, 2.45) is 0 Å². The van der Waals surface area contributed by atoms with Crippen LogP contribution in [-0.4, -0.2) is 23.3 Å². The molecule has 0 spiro atoms. The lowest BCUT2D eigenvalue weighted by molar-refractivity contribution is -0.120.